The molecule has 0 aliphatic rings. The van der Waals surface area contributed by atoms with Gasteiger partial charge in [-0.15, -0.1) is 0 Å². The number of ether oxygens (including phenoxy) is 1. The Morgan fingerprint density at radius 3 is 2.40 bits per heavy atom. The monoisotopic (exact) mass is 336 g/mol. The first-order valence-corrected chi connectivity index (χ1v) is 7.81. The molecule has 0 N–H and O–H groups in total. The van der Waals surface area contributed by atoms with Crippen LogP contribution in [-0.2, 0) is 0 Å². The molecule has 0 saturated carbocycles. The van der Waals surface area contributed by atoms with Crippen LogP contribution in [0, 0.1) is 27.7 Å². The van der Waals surface area contributed by atoms with Gasteiger partial charge in [0.25, 0.3) is 0 Å². The fourth-order valence-corrected chi connectivity index (χ4v) is 3.52. The maximum Gasteiger partial charge on any atom is 0.123 e. The quantitative estimate of drug-likeness (QED) is 0.697. The molecule has 0 bridgehead atoms. The molecule has 2 aromatic rings. The van der Waals surface area contributed by atoms with Gasteiger partial charge >= 0.3 is 0 Å². The van der Waals surface area contributed by atoms with Crippen LogP contribution in [-0.4, -0.2) is 6.61 Å². The average Bonchev–Trinajstić information content (AvgIpc) is 2.65. The molecule has 1 aromatic heterocycles. The molecule has 108 valence electrons. The van der Waals surface area contributed by atoms with Crippen LogP contribution in [0.15, 0.2) is 22.6 Å². The smallest absolute Gasteiger partial charge is 0.123 e. The first kappa shape index (κ1) is 15.2. The summed E-state index contributed by atoms with van der Waals surface area (Å²) in [4.78, 5) is 0.0846. The fourth-order valence-electron chi connectivity index (χ4n) is 2.49. The predicted octanol–water partition coefficient (Wildman–Crippen LogP) is 5.40. The topological polar surface area (TPSA) is 22.4 Å². The highest BCUT2D eigenvalue weighted by molar-refractivity contribution is 9.09. The summed E-state index contributed by atoms with van der Waals surface area (Å²) >= 11 is 3.82. The van der Waals surface area contributed by atoms with E-state index in [1.807, 2.05) is 26.8 Å². The number of hydrogen-bond donors (Lipinski definition) is 0. The molecule has 1 atom stereocenters. The van der Waals surface area contributed by atoms with Gasteiger partial charge < -0.3 is 9.15 Å². The van der Waals surface area contributed by atoms with Gasteiger partial charge in [0.15, 0.2) is 0 Å². The van der Waals surface area contributed by atoms with Crippen molar-refractivity contribution >= 4 is 15.9 Å². The summed E-state index contributed by atoms with van der Waals surface area (Å²) in [7, 11) is 0. The lowest BCUT2D eigenvalue weighted by Crippen LogP contribution is -2.02. The van der Waals surface area contributed by atoms with E-state index in [1.54, 1.807) is 0 Å². The lowest BCUT2D eigenvalue weighted by atomic mass is 9.99. The Bertz CT molecular complexity index is 614. The molecular weight excluding hydrogens is 316 g/mol. The molecular formula is C17H21BrO2. The highest BCUT2D eigenvalue weighted by atomic mass is 79.9. The molecule has 1 heterocycles. The van der Waals surface area contributed by atoms with Crippen molar-refractivity contribution in [1.29, 1.82) is 0 Å². The van der Waals surface area contributed by atoms with Crippen LogP contribution in [0.1, 0.15) is 45.5 Å². The van der Waals surface area contributed by atoms with E-state index in [0.29, 0.717) is 6.61 Å². The molecule has 1 unspecified atom stereocenters. The van der Waals surface area contributed by atoms with Crippen LogP contribution in [0.4, 0.5) is 0 Å². The minimum Gasteiger partial charge on any atom is -0.494 e. The average molecular weight is 337 g/mol. The Hall–Kier alpha value is -1.22. The van der Waals surface area contributed by atoms with Gasteiger partial charge in [-0.05, 0) is 46.2 Å². The summed E-state index contributed by atoms with van der Waals surface area (Å²) in [5.41, 5.74) is 4.78. The minimum atomic E-state index is 0.0846. The van der Waals surface area contributed by atoms with E-state index in [4.69, 9.17) is 9.15 Å². The number of aryl methyl sites for hydroxylation is 3. The largest absolute Gasteiger partial charge is 0.494 e. The van der Waals surface area contributed by atoms with Gasteiger partial charge in [-0.1, -0.05) is 33.6 Å². The molecule has 0 aliphatic heterocycles. The summed E-state index contributed by atoms with van der Waals surface area (Å²) in [5, 5.41) is 0. The van der Waals surface area contributed by atoms with Gasteiger partial charge in [-0.3, -0.25) is 0 Å². The van der Waals surface area contributed by atoms with Gasteiger partial charge in [0.2, 0.25) is 0 Å². The first-order chi connectivity index (χ1) is 9.45. The van der Waals surface area contributed by atoms with Gasteiger partial charge in [-0.25, -0.2) is 0 Å². The van der Waals surface area contributed by atoms with Crippen molar-refractivity contribution in [3.63, 3.8) is 0 Å². The predicted molar refractivity (Wildman–Crippen MR) is 86.0 cm³/mol. The Morgan fingerprint density at radius 1 is 1.15 bits per heavy atom. The molecule has 0 spiro atoms. The second-order valence-electron chi connectivity index (χ2n) is 5.09. The number of hydrogen-bond acceptors (Lipinski definition) is 2. The van der Waals surface area contributed by atoms with Crippen LogP contribution in [0.3, 0.4) is 0 Å². The van der Waals surface area contributed by atoms with Gasteiger partial charge in [0.1, 0.15) is 17.3 Å². The highest BCUT2D eigenvalue weighted by Crippen LogP contribution is 2.41. The Balaban J connectivity index is 2.52. The summed E-state index contributed by atoms with van der Waals surface area (Å²) in [5.74, 6) is 2.87. The minimum absolute atomic E-state index is 0.0846. The van der Waals surface area contributed by atoms with E-state index >= 15 is 0 Å². The highest BCUT2D eigenvalue weighted by Gasteiger charge is 2.23. The lowest BCUT2D eigenvalue weighted by molar-refractivity contribution is 0.337. The van der Waals surface area contributed by atoms with E-state index < -0.39 is 0 Å². The normalized spacial score (nSPS) is 12.5. The third-order valence-corrected chi connectivity index (χ3v) is 4.56. The number of rotatable bonds is 4. The van der Waals surface area contributed by atoms with E-state index in [-0.39, 0.29) is 4.83 Å². The Labute approximate surface area is 129 Å². The van der Waals surface area contributed by atoms with Gasteiger partial charge in [-0.2, -0.15) is 0 Å². The summed E-state index contributed by atoms with van der Waals surface area (Å²) in [6.45, 7) is 10.9. The van der Waals surface area contributed by atoms with E-state index in [0.717, 1.165) is 22.8 Å². The second-order valence-corrected chi connectivity index (χ2v) is 6.01. The Morgan fingerprint density at radius 2 is 1.85 bits per heavy atom. The van der Waals surface area contributed by atoms with Crippen molar-refractivity contribution in [3.05, 3.63) is 52.0 Å². The second kappa shape index (κ2) is 6.04. The molecule has 0 aliphatic carbocycles. The standard InChI is InChI=1S/C17H21BrO2/c1-6-19-15-8-7-10(2)9-14(15)17(18)16-11(3)12(4)20-13(16)5/h7-9,17H,6H2,1-5H3. The molecule has 3 heteroatoms. The first-order valence-electron chi connectivity index (χ1n) is 6.89. The number of alkyl halides is 1. The van der Waals surface area contributed by atoms with Crippen LogP contribution in [0.2, 0.25) is 0 Å². The summed E-state index contributed by atoms with van der Waals surface area (Å²) in [6.07, 6.45) is 0. The molecule has 0 amide bonds. The van der Waals surface area contributed by atoms with Crippen LogP contribution in [0.5, 0.6) is 5.75 Å². The van der Waals surface area contributed by atoms with Crippen molar-refractivity contribution in [2.45, 2.75) is 39.4 Å². The van der Waals surface area contributed by atoms with E-state index in [1.165, 1.54) is 16.7 Å². The third kappa shape index (κ3) is 2.78. The van der Waals surface area contributed by atoms with Crippen molar-refractivity contribution in [3.8, 4) is 5.75 Å². The molecule has 2 rings (SSSR count). The maximum absolute atomic E-state index is 5.76. The number of benzene rings is 1. The summed E-state index contributed by atoms with van der Waals surface area (Å²) < 4.78 is 11.5. The zero-order valence-electron chi connectivity index (χ0n) is 12.7. The zero-order valence-corrected chi connectivity index (χ0v) is 14.3. The van der Waals surface area contributed by atoms with Crippen LogP contribution in [0.25, 0.3) is 0 Å². The van der Waals surface area contributed by atoms with Gasteiger partial charge in [0.05, 0.1) is 11.4 Å². The third-order valence-electron chi connectivity index (χ3n) is 3.61. The van der Waals surface area contributed by atoms with Crippen LogP contribution < -0.4 is 4.74 Å². The SMILES string of the molecule is CCOc1ccc(C)cc1C(Br)c1c(C)oc(C)c1C. The molecule has 20 heavy (non-hydrogen) atoms. The fraction of sp³-hybridized carbons (Fsp3) is 0.412. The number of furan rings is 1. The molecule has 0 fully saturated rings. The molecule has 0 radical (unpaired) electrons. The van der Waals surface area contributed by atoms with Crippen molar-refractivity contribution in [1.82, 2.24) is 0 Å². The molecule has 2 nitrogen and oxygen atoms in total. The van der Waals surface area contributed by atoms with Crippen molar-refractivity contribution in [2.75, 3.05) is 6.61 Å². The van der Waals surface area contributed by atoms with Crippen molar-refractivity contribution < 1.29 is 9.15 Å². The van der Waals surface area contributed by atoms with E-state index in [9.17, 15) is 0 Å². The van der Waals surface area contributed by atoms with Crippen molar-refractivity contribution in [2.24, 2.45) is 0 Å². The maximum atomic E-state index is 5.76. The molecule has 0 saturated heterocycles. The molecule has 1 aromatic carbocycles. The summed E-state index contributed by atoms with van der Waals surface area (Å²) in [6, 6.07) is 6.29. The van der Waals surface area contributed by atoms with E-state index in [2.05, 4.69) is 41.9 Å². The number of halogens is 1. The Kier molecular flexibility index (Phi) is 4.59. The lowest BCUT2D eigenvalue weighted by Gasteiger charge is -2.16. The van der Waals surface area contributed by atoms with Gasteiger partial charge in [0, 0.05) is 11.1 Å². The zero-order chi connectivity index (χ0) is 14.9. The van der Waals surface area contributed by atoms with Crippen LogP contribution >= 0.6 is 15.9 Å².